The zero-order valence-electron chi connectivity index (χ0n) is 10.0. The van der Waals surface area contributed by atoms with E-state index in [-0.39, 0.29) is 5.75 Å². The first-order chi connectivity index (χ1) is 9.04. The largest absolute Gasteiger partial charge is 0.494 e. The van der Waals surface area contributed by atoms with Crippen molar-refractivity contribution in [1.82, 2.24) is 0 Å². The average Bonchev–Trinajstić information content (AvgIpc) is 2.38. The quantitative estimate of drug-likeness (QED) is 0.919. The van der Waals surface area contributed by atoms with E-state index in [2.05, 4.69) is 0 Å². The van der Waals surface area contributed by atoms with Crippen LogP contribution in [0.4, 0.5) is 4.39 Å². The zero-order valence-corrected chi connectivity index (χ0v) is 11.5. The van der Waals surface area contributed by atoms with Crippen molar-refractivity contribution in [2.45, 2.75) is 6.10 Å². The summed E-state index contributed by atoms with van der Waals surface area (Å²) in [5.74, 6) is -0.441. The molecule has 1 atom stereocenters. The Kier molecular flexibility index (Phi) is 4.30. The van der Waals surface area contributed by atoms with Crippen molar-refractivity contribution < 1.29 is 14.2 Å². The van der Waals surface area contributed by atoms with Crippen LogP contribution in [0.15, 0.2) is 36.4 Å². The van der Waals surface area contributed by atoms with Crippen molar-refractivity contribution in [3.05, 3.63) is 63.4 Å². The molecule has 0 aliphatic heterocycles. The number of hydrogen-bond acceptors (Lipinski definition) is 2. The highest BCUT2D eigenvalue weighted by atomic mass is 35.5. The SMILES string of the molecule is COc1ccc(C(O)c2c(Cl)cccc2Cl)cc1F. The van der Waals surface area contributed by atoms with Gasteiger partial charge in [0.2, 0.25) is 0 Å². The fourth-order valence-electron chi connectivity index (χ4n) is 1.79. The summed E-state index contributed by atoms with van der Waals surface area (Å²) in [5.41, 5.74) is 0.712. The van der Waals surface area contributed by atoms with Gasteiger partial charge in [0.1, 0.15) is 6.10 Å². The Labute approximate surface area is 120 Å². The lowest BCUT2D eigenvalue weighted by molar-refractivity contribution is 0.219. The maximum atomic E-state index is 13.6. The molecule has 0 bridgehead atoms. The van der Waals surface area contributed by atoms with E-state index in [4.69, 9.17) is 27.9 Å². The van der Waals surface area contributed by atoms with Gasteiger partial charge in [-0.2, -0.15) is 0 Å². The van der Waals surface area contributed by atoms with E-state index in [1.807, 2.05) is 0 Å². The van der Waals surface area contributed by atoms with E-state index in [1.54, 1.807) is 24.3 Å². The molecule has 0 saturated heterocycles. The van der Waals surface area contributed by atoms with Crippen LogP contribution in [-0.2, 0) is 0 Å². The smallest absolute Gasteiger partial charge is 0.165 e. The normalized spacial score (nSPS) is 12.3. The molecule has 2 aromatic rings. The van der Waals surface area contributed by atoms with E-state index in [9.17, 15) is 9.50 Å². The molecule has 0 spiro atoms. The van der Waals surface area contributed by atoms with Crippen molar-refractivity contribution in [3.63, 3.8) is 0 Å². The van der Waals surface area contributed by atoms with Crippen LogP contribution in [0.3, 0.4) is 0 Å². The minimum Gasteiger partial charge on any atom is -0.494 e. The molecule has 0 heterocycles. The molecular weight excluding hydrogens is 290 g/mol. The molecule has 5 heteroatoms. The lowest BCUT2D eigenvalue weighted by Crippen LogP contribution is -2.02. The van der Waals surface area contributed by atoms with Crippen molar-refractivity contribution in [3.8, 4) is 5.75 Å². The van der Waals surface area contributed by atoms with Gasteiger partial charge in [-0.3, -0.25) is 0 Å². The molecule has 19 heavy (non-hydrogen) atoms. The Balaban J connectivity index is 2.44. The van der Waals surface area contributed by atoms with Crippen molar-refractivity contribution in [2.24, 2.45) is 0 Å². The van der Waals surface area contributed by atoms with Crippen LogP contribution in [0.25, 0.3) is 0 Å². The van der Waals surface area contributed by atoms with Gasteiger partial charge in [-0.25, -0.2) is 4.39 Å². The second-order valence-electron chi connectivity index (χ2n) is 3.93. The third kappa shape index (κ3) is 2.84. The summed E-state index contributed by atoms with van der Waals surface area (Å²) in [5, 5.41) is 10.9. The van der Waals surface area contributed by atoms with Crippen LogP contribution in [-0.4, -0.2) is 12.2 Å². The third-order valence-electron chi connectivity index (χ3n) is 2.76. The maximum absolute atomic E-state index is 13.6. The molecule has 2 rings (SSSR count). The summed E-state index contributed by atoms with van der Waals surface area (Å²) in [4.78, 5) is 0. The van der Waals surface area contributed by atoms with Crippen LogP contribution in [0.2, 0.25) is 10.0 Å². The zero-order chi connectivity index (χ0) is 14.0. The number of aliphatic hydroxyl groups excluding tert-OH is 1. The summed E-state index contributed by atoms with van der Waals surface area (Å²) < 4.78 is 18.4. The van der Waals surface area contributed by atoms with Crippen LogP contribution < -0.4 is 4.74 Å². The molecule has 2 aromatic carbocycles. The van der Waals surface area contributed by atoms with Crippen molar-refractivity contribution in [1.29, 1.82) is 0 Å². The van der Waals surface area contributed by atoms with Gasteiger partial charge in [-0.05, 0) is 29.8 Å². The number of rotatable bonds is 3. The molecule has 0 fully saturated rings. The van der Waals surface area contributed by atoms with Gasteiger partial charge in [0, 0.05) is 15.6 Å². The van der Waals surface area contributed by atoms with Crippen LogP contribution in [0, 0.1) is 5.82 Å². The van der Waals surface area contributed by atoms with Crippen molar-refractivity contribution in [2.75, 3.05) is 7.11 Å². The van der Waals surface area contributed by atoms with Crippen molar-refractivity contribution >= 4 is 23.2 Å². The maximum Gasteiger partial charge on any atom is 0.165 e. The predicted octanol–water partition coefficient (Wildman–Crippen LogP) is 4.22. The molecule has 0 amide bonds. The monoisotopic (exact) mass is 300 g/mol. The summed E-state index contributed by atoms with van der Waals surface area (Å²) in [6.07, 6.45) is -1.10. The number of methoxy groups -OCH3 is 1. The van der Waals surface area contributed by atoms with Crippen LogP contribution >= 0.6 is 23.2 Å². The van der Waals surface area contributed by atoms with E-state index in [0.717, 1.165) is 0 Å². The van der Waals surface area contributed by atoms with E-state index in [1.165, 1.54) is 19.2 Å². The number of halogens is 3. The number of hydrogen-bond donors (Lipinski definition) is 1. The highest BCUT2D eigenvalue weighted by molar-refractivity contribution is 6.36. The highest BCUT2D eigenvalue weighted by Gasteiger charge is 2.18. The molecule has 0 aliphatic rings. The summed E-state index contributed by atoms with van der Waals surface area (Å²) in [6.45, 7) is 0. The first-order valence-corrected chi connectivity index (χ1v) is 6.25. The lowest BCUT2D eigenvalue weighted by Gasteiger charge is -2.15. The lowest BCUT2D eigenvalue weighted by atomic mass is 10.0. The summed E-state index contributed by atoms with van der Waals surface area (Å²) in [7, 11) is 1.37. The molecule has 0 aromatic heterocycles. The Hall–Kier alpha value is -1.29. The first kappa shape index (κ1) is 14.1. The Morgan fingerprint density at radius 2 is 1.79 bits per heavy atom. The number of ether oxygens (including phenoxy) is 1. The van der Waals surface area contributed by atoms with Crippen LogP contribution in [0.1, 0.15) is 17.2 Å². The average molecular weight is 301 g/mol. The summed E-state index contributed by atoms with van der Waals surface area (Å²) in [6, 6.07) is 9.11. The van der Waals surface area contributed by atoms with E-state index in [0.29, 0.717) is 21.2 Å². The van der Waals surface area contributed by atoms with Gasteiger partial charge in [-0.15, -0.1) is 0 Å². The van der Waals surface area contributed by atoms with E-state index < -0.39 is 11.9 Å². The molecule has 2 nitrogen and oxygen atoms in total. The Morgan fingerprint density at radius 3 is 2.32 bits per heavy atom. The van der Waals surface area contributed by atoms with Gasteiger partial charge < -0.3 is 9.84 Å². The fraction of sp³-hybridized carbons (Fsp3) is 0.143. The highest BCUT2D eigenvalue weighted by Crippen LogP contribution is 2.35. The Morgan fingerprint density at radius 1 is 1.16 bits per heavy atom. The standard InChI is InChI=1S/C14H11Cl2FO2/c1-19-12-6-5-8(7-11(12)17)14(18)13-9(15)3-2-4-10(13)16/h2-7,14,18H,1H3. The van der Waals surface area contributed by atoms with Gasteiger partial charge in [-0.1, -0.05) is 35.3 Å². The molecule has 0 saturated carbocycles. The molecule has 0 aliphatic carbocycles. The van der Waals surface area contributed by atoms with Gasteiger partial charge in [0.25, 0.3) is 0 Å². The van der Waals surface area contributed by atoms with E-state index >= 15 is 0 Å². The molecule has 100 valence electrons. The Bertz CT molecular complexity index is 582. The third-order valence-corrected chi connectivity index (χ3v) is 3.42. The number of aliphatic hydroxyl groups is 1. The first-order valence-electron chi connectivity index (χ1n) is 5.50. The fourth-order valence-corrected chi connectivity index (χ4v) is 2.40. The van der Waals surface area contributed by atoms with Gasteiger partial charge in [0.05, 0.1) is 7.11 Å². The van der Waals surface area contributed by atoms with Crippen LogP contribution in [0.5, 0.6) is 5.75 Å². The second kappa shape index (κ2) is 5.78. The second-order valence-corrected chi connectivity index (χ2v) is 4.75. The molecular formula is C14H11Cl2FO2. The summed E-state index contributed by atoms with van der Waals surface area (Å²) >= 11 is 12.0. The topological polar surface area (TPSA) is 29.5 Å². The van der Waals surface area contributed by atoms with Gasteiger partial charge >= 0.3 is 0 Å². The molecule has 0 radical (unpaired) electrons. The molecule has 1 unspecified atom stereocenters. The molecule has 1 N–H and O–H groups in total. The predicted molar refractivity (Wildman–Crippen MR) is 73.5 cm³/mol. The minimum atomic E-state index is -1.10. The number of benzene rings is 2. The van der Waals surface area contributed by atoms with Gasteiger partial charge in [0.15, 0.2) is 11.6 Å². The minimum absolute atomic E-state index is 0.112.